The van der Waals surface area contributed by atoms with Gasteiger partial charge in [-0.15, -0.1) is 0 Å². The molecule has 0 atom stereocenters. The molecule has 0 saturated carbocycles. The normalized spacial score (nSPS) is 15.3. The van der Waals surface area contributed by atoms with Crippen LogP contribution in [0.1, 0.15) is 41.6 Å². The van der Waals surface area contributed by atoms with Crippen LogP contribution in [0.3, 0.4) is 0 Å². The van der Waals surface area contributed by atoms with Gasteiger partial charge in [0, 0.05) is 24.7 Å². The topological polar surface area (TPSA) is 62.5 Å². The fourth-order valence-corrected chi connectivity index (χ4v) is 3.75. The van der Waals surface area contributed by atoms with Crippen LogP contribution in [0.5, 0.6) is 0 Å². The highest BCUT2D eigenvalue weighted by Crippen LogP contribution is 2.19. The summed E-state index contributed by atoms with van der Waals surface area (Å²) in [6.07, 6.45) is 2.53. The highest BCUT2D eigenvalue weighted by atomic mass is 16.5. The lowest BCUT2D eigenvalue weighted by Crippen LogP contribution is -2.32. The van der Waals surface area contributed by atoms with Crippen LogP contribution < -0.4 is 0 Å². The molecule has 2 aromatic carbocycles. The van der Waals surface area contributed by atoms with Gasteiger partial charge in [-0.05, 0) is 49.5 Å². The molecule has 6 nitrogen and oxygen atoms in total. The maximum Gasteiger partial charge on any atom is 0.254 e. The minimum Gasteiger partial charge on any atom is -0.337 e. The molecule has 1 aliphatic rings. The molecule has 1 saturated heterocycles. The van der Waals surface area contributed by atoms with E-state index in [2.05, 4.69) is 34.1 Å². The van der Waals surface area contributed by atoms with E-state index in [4.69, 9.17) is 4.52 Å². The van der Waals surface area contributed by atoms with Crippen molar-refractivity contribution in [2.24, 2.45) is 5.92 Å². The lowest BCUT2D eigenvalue weighted by atomic mass is 9.99. The van der Waals surface area contributed by atoms with E-state index in [0.717, 1.165) is 31.1 Å². The molecule has 1 aliphatic heterocycles. The number of likely N-dealkylation sites (tertiary alicyclic amines) is 1. The molecule has 1 fully saturated rings. The van der Waals surface area contributed by atoms with E-state index >= 15 is 0 Å². The van der Waals surface area contributed by atoms with Crippen LogP contribution in [0.2, 0.25) is 0 Å². The summed E-state index contributed by atoms with van der Waals surface area (Å²) in [4.78, 5) is 21.3. The Morgan fingerprint density at radius 2 is 1.80 bits per heavy atom. The van der Waals surface area contributed by atoms with Crippen molar-refractivity contribution in [3.05, 3.63) is 71.6 Å². The third-order valence-corrected chi connectivity index (χ3v) is 5.70. The van der Waals surface area contributed by atoms with Gasteiger partial charge in [0.2, 0.25) is 11.7 Å². The average molecular weight is 405 g/mol. The predicted octanol–water partition coefficient (Wildman–Crippen LogP) is 4.24. The van der Waals surface area contributed by atoms with Crippen molar-refractivity contribution in [1.29, 1.82) is 0 Å². The second kappa shape index (κ2) is 9.22. The van der Waals surface area contributed by atoms with Crippen molar-refractivity contribution in [1.82, 2.24) is 19.9 Å². The quantitative estimate of drug-likeness (QED) is 0.615. The Morgan fingerprint density at radius 3 is 2.50 bits per heavy atom. The van der Waals surface area contributed by atoms with Crippen molar-refractivity contribution in [3.8, 4) is 11.4 Å². The smallest absolute Gasteiger partial charge is 0.254 e. The molecule has 0 spiro atoms. The van der Waals surface area contributed by atoms with Crippen LogP contribution in [0.25, 0.3) is 11.4 Å². The molecule has 156 valence electrons. The van der Waals surface area contributed by atoms with Gasteiger partial charge >= 0.3 is 0 Å². The number of hydrogen-bond donors (Lipinski definition) is 0. The number of aromatic nitrogens is 2. The summed E-state index contributed by atoms with van der Waals surface area (Å²) in [5.74, 6) is 1.72. The molecule has 0 aliphatic carbocycles. The molecule has 6 heteroatoms. The third-order valence-electron chi connectivity index (χ3n) is 5.70. The van der Waals surface area contributed by atoms with Crippen molar-refractivity contribution < 1.29 is 9.32 Å². The maximum atomic E-state index is 12.8. The van der Waals surface area contributed by atoms with Crippen LogP contribution in [-0.4, -0.2) is 46.0 Å². The molecule has 1 aromatic heterocycles. The largest absolute Gasteiger partial charge is 0.337 e. The molecular weight excluding hydrogens is 376 g/mol. The van der Waals surface area contributed by atoms with Crippen molar-refractivity contribution >= 4 is 5.91 Å². The summed E-state index contributed by atoms with van der Waals surface area (Å²) in [5, 5.41) is 4.01. The second-order valence-corrected chi connectivity index (χ2v) is 8.19. The Bertz CT molecular complexity index is 960. The zero-order valence-electron chi connectivity index (χ0n) is 17.6. The van der Waals surface area contributed by atoms with E-state index in [1.54, 1.807) is 11.9 Å². The molecule has 30 heavy (non-hydrogen) atoms. The first kappa shape index (κ1) is 20.3. The zero-order valence-corrected chi connectivity index (χ0v) is 17.6. The number of rotatable bonds is 6. The maximum absolute atomic E-state index is 12.8. The van der Waals surface area contributed by atoms with E-state index in [1.807, 2.05) is 42.5 Å². The number of benzene rings is 2. The third kappa shape index (κ3) is 4.94. The Hall–Kier alpha value is -2.99. The molecule has 0 unspecified atom stereocenters. The van der Waals surface area contributed by atoms with Gasteiger partial charge in [0.05, 0.1) is 6.54 Å². The van der Waals surface area contributed by atoms with E-state index < -0.39 is 0 Å². The average Bonchev–Trinajstić information content (AvgIpc) is 3.24. The first-order chi connectivity index (χ1) is 14.6. The van der Waals surface area contributed by atoms with Crippen molar-refractivity contribution in [3.63, 3.8) is 0 Å². The van der Waals surface area contributed by atoms with Gasteiger partial charge in [0.25, 0.3) is 5.91 Å². The Morgan fingerprint density at radius 1 is 1.10 bits per heavy atom. The molecule has 0 bridgehead atoms. The monoisotopic (exact) mass is 404 g/mol. The lowest BCUT2D eigenvalue weighted by molar-refractivity contribution is 0.0769. The highest BCUT2D eigenvalue weighted by molar-refractivity contribution is 5.94. The number of hydrogen-bond acceptors (Lipinski definition) is 5. The fourth-order valence-electron chi connectivity index (χ4n) is 3.75. The van der Waals surface area contributed by atoms with Crippen LogP contribution in [0.4, 0.5) is 0 Å². The fraction of sp³-hybridized carbons (Fsp3) is 0.375. The Balaban J connectivity index is 1.34. The number of carbonyl (C=O) groups is 1. The van der Waals surface area contributed by atoms with E-state index in [-0.39, 0.29) is 12.5 Å². The molecule has 0 N–H and O–H groups in total. The van der Waals surface area contributed by atoms with E-state index in [1.165, 1.54) is 18.4 Å². The van der Waals surface area contributed by atoms with Crippen LogP contribution in [0.15, 0.2) is 59.1 Å². The summed E-state index contributed by atoms with van der Waals surface area (Å²) in [7, 11) is 1.75. The molecule has 4 rings (SSSR count). The van der Waals surface area contributed by atoms with Gasteiger partial charge in [0.15, 0.2) is 0 Å². The molecular formula is C24H28N4O2. The van der Waals surface area contributed by atoms with Gasteiger partial charge < -0.3 is 9.42 Å². The van der Waals surface area contributed by atoms with Crippen molar-refractivity contribution in [2.75, 3.05) is 20.1 Å². The highest BCUT2D eigenvalue weighted by Gasteiger charge is 2.18. The number of piperidine rings is 1. The molecule has 1 amide bonds. The zero-order chi connectivity index (χ0) is 20.9. The summed E-state index contributed by atoms with van der Waals surface area (Å²) in [5.41, 5.74) is 2.80. The van der Waals surface area contributed by atoms with Crippen LogP contribution in [-0.2, 0) is 13.1 Å². The van der Waals surface area contributed by atoms with Gasteiger partial charge in [-0.1, -0.05) is 54.5 Å². The first-order valence-electron chi connectivity index (χ1n) is 10.5. The van der Waals surface area contributed by atoms with Gasteiger partial charge in [0.1, 0.15) is 0 Å². The van der Waals surface area contributed by atoms with Crippen molar-refractivity contribution in [2.45, 2.75) is 32.9 Å². The van der Waals surface area contributed by atoms with E-state index in [0.29, 0.717) is 17.3 Å². The predicted molar refractivity (Wildman–Crippen MR) is 116 cm³/mol. The SMILES string of the molecule is CC1CCN(Cc2ccc(C(=O)N(C)Cc3nc(-c4ccccc4)no3)cc2)CC1. The number of carbonyl (C=O) groups excluding carboxylic acids is 1. The molecule has 3 aromatic rings. The molecule has 2 heterocycles. The lowest BCUT2D eigenvalue weighted by Gasteiger charge is -2.30. The van der Waals surface area contributed by atoms with Gasteiger partial charge in [-0.3, -0.25) is 9.69 Å². The van der Waals surface area contributed by atoms with Crippen LogP contribution >= 0.6 is 0 Å². The summed E-state index contributed by atoms with van der Waals surface area (Å²) < 4.78 is 5.33. The minimum absolute atomic E-state index is 0.0622. The van der Waals surface area contributed by atoms with E-state index in [9.17, 15) is 4.79 Å². The summed E-state index contributed by atoms with van der Waals surface area (Å²) in [6, 6.07) is 17.6. The standard InChI is InChI=1S/C24H28N4O2/c1-18-12-14-28(15-13-18)16-19-8-10-21(11-9-19)24(29)27(2)17-22-25-23(26-30-22)20-6-4-3-5-7-20/h3-11,18H,12-17H2,1-2H3. The number of nitrogens with zero attached hydrogens (tertiary/aromatic N) is 4. The van der Waals surface area contributed by atoms with Crippen LogP contribution in [0, 0.1) is 5.92 Å². The first-order valence-corrected chi connectivity index (χ1v) is 10.5. The summed E-state index contributed by atoms with van der Waals surface area (Å²) in [6.45, 7) is 5.85. The summed E-state index contributed by atoms with van der Waals surface area (Å²) >= 11 is 0. The second-order valence-electron chi connectivity index (χ2n) is 8.19. The Labute approximate surface area is 177 Å². The minimum atomic E-state index is -0.0622. The molecule has 0 radical (unpaired) electrons. The number of amides is 1. The Kier molecular flexibility index (Phi) is 6.23. The van der Waals surface area contributed by atoms with Gasteiger partial charge in [-0.25, -0.2) is 0 Å². The van der Waals surface area contributed by atoms with Gasteiger partial charge in [-0.2, -0.15) is 4.98 Å².